The van der Waals surface area contributed by atoms with Crippen molar-refractivity contribution in [3.05, 3.63) is 36.4 Å². The van der Waals surface area contributed by atoms with Crippen LogP contribution in [0.4, 0.5) is 5.69 Å². The standard InChI is InChI=1S/C16H20N6O/c1-3-22-10-12(8-19-22)15-11-21(6-7-23-15)14-4-5-17-16-13(14)9-18-20(16)2/h4-5,8-10,15H,3,6-7,11H2,1-2H3. The van der Waals surface area contributed by atoms with Crippen molar-refractivity contribution >= 4 is 16.7 Å². The van der Waals surface area contributed by atoms with E-state index in [1.54, 1.807) is 0 Å². The van der Waals surface area contributed by atoms with Gasteiger partial charge in [-0.15, -0.1) is 0 Å². The van der Waals surface area contributed by atoms with Gasteiger partial charge in [-0.3, -0.25) is 9.36 Å². The van der Waals surface area contributed by atoms with E-state index in [0.717, 1.165) is 36.2 Å². The largest absolute Gasteiger partial charge is 0.370 e. The molecule has 0 N–H and O–H groups in total. The van der Waals surface area contributed by atoms with Crippen LogP contribution in [0.15, 0.2) is 30.9 Å². The first-order valence-electron chi connectivity index (χ1n) is 7.92. The van der Waals surface area contributed by atoms with Crippen molar-refractivity contribution in [3.63, 3.8) is 0 Å². The van der Waals surface area contributed by atoms with E-state index in [1.807, 2.05) is 35.0 Å². The van der Waals surface area contributed by atoms with E-state index in [1.165, 1.54) is 5.69 Å². The summed E-state index contributed by atoms with van der Waals surface area (Å²) < 4.78 is 9.70. The normalized spacial score (nSPS) is 18.7. The molecule has 1 fully saturated rings. The third-order valence-electron chi connectivity index (χ3n) is 4.37. The summed E-state index contributed by atoms with van der Waals surface area (Å²) in [5, 5.41) is 9.76. The number of anilines is 1. The van der Waals surface area contributed by atoms with E-state index in [4.69, 9.17) is 4.74 Å². The average Bonchev–Trinajstić information content (AvgIpc) is 3.22. The molecule has 0 aromatic carbocycles. The van der Waals surface area contributed by atoms with Crippen LogP contribution in [-0.4, -0.2) is 44.2 Å². The monoisotopic (exact) mass is 312 g/mol. The Labute approximate surface area is 134 Å². The van der Waals surface area contributed by atoms with Crippen molar-refractivity contribution in [1.29, 1.82) is 0 Å². The minimum atomic E-state index is 0.0453. The van der Waals surface area contributed by atoms with Gasteiger partial charge in [-0.2, -0.15) is 10.2 Å². The number of nitrogens with zero attached hydrogens (tertiary/aromatic N) is 6. The fourth-order valence-electron chi connectivity index (χ4n) is 3.10. The van der Waals surface area contributed by atoms with Crippen molar-refractivity contribution in [3.8, 4) is 0 Å². The van der Waals surface area contributed by atoms with Gasteiger partial charge in [-0.1, -0.05) is 0 Å². The number of aromatic nitrogens is 5. The minimum absolute atomic E-state index is 0.0453. The zero-order chi connectivity index (χ0) is 15.8. The second-order valence-corrected chi connectivity index (χ2v) is 5.77. The van der Waals surface area contributed by atoms with Crippen molar-refractivity contribution in [2.75, 3.05) is 24.6 Å². The van der Waals surface area contributed by atoms with Gasteiger partial charge in [-0.05, 0) is 13.0 Å². The van der Waals surface area contributed by atoms with Crippen molar-refractivity contribution in [1.82, 2.24) is 24.5 Å². The predicted molar refractivity (Wildman–Crippen MR) is 87.3 cm³/mol. The van der Waals surface area contributed by atoms with Gasteiger partial charge in [0.05, 0.1) is 30.1 Å². The Morgan fingerprint density at radius 2 is 2.22 bits per heavy atom. The first kappa shape index (κ1) is 14.2. The molecule has 1 saturated heterocycles. The maximum absolute atomic E-state index is 5.96. The molecule has 4 heterocycles. The van der Waals surface area contributed by atoms with E-state index in [-0.39, 0.29) is 6.10 Å². The van der Waals surface area contributed by atoms with Gasteiger partial charge in [0, 0.05) is 44.6 Å². The molecule has 1 aliphatic heterocycles. The fourth-order valence-corrected chi connectivity index (χ4v) is 3.10. The summed E-state index contributed by atoms with van der Waals surface area (Å²) in [5.74, 6) is 0. The van der Waals surface area contributed by atoms with Crippen molar-refractivity contribution < 1.29 is 4.74 Å². The summed E-state index contributed by atoms with van der Waals surface area (Å²) in [5.41, 5.74) is 3.21. The molecule has 120 valence electrons. The quantitative estimate of drug-likeness (QED) is 0.737. The third kappa shape index (κ3) is 2.46. The zero-order valence-electron chi connectivity index (χ0n) is 13.4. The fraction of sp³-hybridized carbons (Fsp3) is 0.438. The van der Waals surface area contributed by atoms with Gasteiger partial charge in [-0.25, -0.2) is 4.98 Å². The Morgan fingerprint density at radius 1 is 1.30 bits per heavy atom. The van der Waals surface area contributed by atoms with E-state index in [2.05, 4.69) is 39.3 Å². The smallest absolute Gasteiger partial charge is 0.159 e. The highest BCUT2D eigenvalue weighted by Crippen LogP contribution is 2.30. The number of rotatable bonds is 3. The van der Waals surface area contributed by atoms with E-state index < -0.39 is 0 Å². The molecular weight excluding hydrogens is 292 g/mol. The van der Waals surface area contributed by atoms with Crippen LogP contribution < -0.4 is 4.90 Å². The molecule has 0 amide bonds. The highest BCUT2D eigenvalue weighted by atomic mass is 16.5. The van der Waals surface area contributed by atoms with E-state index in [0.29, 0.717) is 6.61 Å². The number of hydrogen-bond donors (Lipinski definition) is 0. The van der Waals surface area contributed by atoms with Crippen LogP contribution in [-0.2, 0) is 18.3 Å². The first-order valence-corrected chi connectivity index (χ1v) is 7.92. The van der Waals surface area contributed by atoms with Gasteiger partial charge in [0.15, 0.2) is 5.65 Å². The zero-order valence-corrected chi connectivity index (χ0v) is 13.4. The van der Waals surface area contributed by atoms with Crippen molar-refractivity contribution in [2.24, 2.45) is 7.05 Å². The van der Waals surface area contributed by atoms with Gasteiger partial charge in [0.2, 0.25) is 0 Å². The van der Waals surface area contributed by atoms with Crippen LogP contribution in [0.1, 0.15) is 18.6 Å². The maximum atomic E-state index is 5.96. The van der Waals surface area contributed by atoms with E-state index >= 15 is 0 Å². The topological polar surface area (TPSA) is 61.0 Å². The molecule has 3 aromatic heterocycles. The van der Waals surface area contributed by atoms with Crippen LogP contribution in [0.25, 0.3) is 11.0 Å². The lowest BCUT2D eigenvalue weighted by atomic mass is 10.1. The highest BCUT2D eigenvalue weighted by molar-refractivity contribution is 5.89. The Kier molecular flexibility index (Phi) is 3.49. The molecular formula is C16H20N6O. The average molecular weight is 312 g/mol. The SMILES string of the molecule is CCn1cc(C2CN(c3ccnc4c3cnn4C)CCO2)cn1. The molecule has 0 aliphatic carbocycles. The lowest BCUT2D eigenvalue weighted by molar-refractivity contribution is 0.0398. The molecule has 7 heteroatoms. The second-order valence-electron chi connectivity index (χ2n) is 5.77. The summed E-state index contributed by atoms with van der Waals surface area (Å²) in [7, 11) is 1.92. The molecule has 1 atom stereocenters. The number of pyridine rings is 1. The molecule has 1 aliphatic rings. The lowest BCUT2D eigenvalue weighted by Crippen LogP contribution is -2.38. The van der Waals surface area contributed by atoms with Crippen LogP contribution in [0.2, 0.25) is 0 Å². The summed E-state index contributed by atoms with van der Waals surface area (Å²) >= 11 is 0. The van der Waals surface area contributed by atoms with Gasteiger partial charge in [0.25, 0.3) is 0 Å². The molecule has 4 rings (SSSR count). The Balaban J connectivity index is 1.63. The highest BCUT2D eigenvalue weighted by Gasteiger charge is 2.25. The molecule has 0 saturated carbocycles. The van der Waals surface area contributed by atoms with Gasteiger partial charge in [0.1, 0.15) is 6.10 Å². The van der Waals surface area contributed by atoms with Gasteiger partial charge >= 0.3 is 0 Å². The Bertz CT molecular complexity index is 823. The second kappa shape index (κ2) is 5.66. The Morgan fingerprint density at radius 3 is 3.04 bits per heavy atom. The van der Waals surface area contributed by atoms with Crippen LogP contribution in [0, 0.1) is 0 Å². The number of ether oxygens (including phenoxy) is 1. The molecule has 1 unspecified atom stereocenters. The summed E-state index contributed by atoms with van der Waals surface area (Å²) in [6, 6.07) is 2.06. The van der Waals surface area contributed by atoms with E-state index in [9.17, 15) is 0 Å². The number of fused-ring (bicyclic) bond motifs is 1. The molecule has 3 aromatic rings. The molecule has 0 spiro atoms. The third-order valence-corrected chi connectivity index (χ3v) is 4.37. The van der Waals surface area contributed by atoms with Gasteiger partial charge < -0.3 is 9.64 Å². The molecule has 7 nitrogen and oxygen atoms in total. The van der Waals surface area contributed by atoms with Crippen LogP contribution in [0.5, 0.6) is 0 Å². The summed E-state index contributed by atoms with van der Waals surface area (Å²) in [6.07, 6.45) is 7.75. The molecule has 0 bridgehead atoms. The number of hydrogen-bond acceptors (Lipinski definition) is 5. The van der Waals surface area contributed by atoms with Crippen LogP contribution in [0.3, 0.4) is 0 Å². The predicted octanol–water partition coefficient (Wildman–Crippen LogP) is 1.76. The summed E-state index contributed by atoms with van der Waals surface area (Å²) in [4.78, 5) is 6.77. The first-order chi connectivity index (χ1) is 11.3. The molecule has 23 heavy (non-hydrogen) atoms. The summed E-state index contributed by atoms with van der Waals surface area (Å²) in [6.45, 7) is 5.33. The lowest BCUT2D eigenvalue weighted by Gasteiger charge is -2.34. The Hall–Kier alpha value is -2.41. The number of aryl methyl sites for hydroxylation is 2. The number of morpholine rings is 1. The van der Waals surface area contributed by atoms with Crippen molar-refractivity contribution in [2.45, 2.75) is 19.6 Å². The minimum Gasteiger partial charge on any atom is -0.370 e. The van der Waals surface area contributed by atoms with Crippen LogP contribution >= 0.6 is 0 Å². The maximum Gasteiger partial charge on any atom is 0.159 e. The molecule has 0 radical (unpaired) electrons.